The highest BCUT2D eigenvalue weighted by molar-refractivity contribution is 7.99. The van der Waals surface area contributed by atoms with Gasteiger partial charge in [-0.15, -0.1) is 23.1 Å². The molecule has 1 heterocycles. The quantitative estimate of drug-likeness (QED) is 0.822. The van der Waals surface area contributed by atoms with Crippen molar-refractivity contribution in [1.82, 2.24) is 10.3 Å². The van der Waals surface area contributed by atoms with E-state index in [0.717, 1.165) is 27.6 Å². The van der Waals surface area contributed by atoms with Crippen molar-refractivity contribution in [2.75, 3.05) is 5.75 Å². The summed E-state index contributed by atoms with van der Waals surface area (Å²) in [5, 5.41) is 14.9. The first-order chi connectivity index (χ1) is 10.2. The number of aryl methyl sites for hydroxylation is 1. The SMILES string of the molecule is Cc1nc(CSCC(=O)NCc2ccc(CO)cc2)cs1. The number of rotatable bonds is 7. The molecule has 0 spiro atoms. The summed E-state index contributed by atoms with van der Waals surface area (Å²) in [7, 11) is 0. The molecule has 0 saturated carbocycles. The Labute approximate surface area is 132 Å². The molecule has 6 heteroatoms. The third-order valence-corrected chi connectivity index (χ3v) is 4.63. The maximum Gasteiger partial charge on any atom is 0.230 e. The lowest BCUT2D eigenvalue weighted by Crippen LogP contribution is -2.24. The number of carbonyl (C=O) groups is 1. The second kappa shape index (κ2) is 8.17. The molecule has 0 fully saturated rings. The third-order valence-electron chi connectivity index (χ3n) is 2.84. The molecular formula is C15H18N2O2S2. The number of aliphatic hydroxyl groups excluding tert-OH is 1. The van der Waals surface area contributed by atoms with E-state index in [1.54, 1.807) is 23.1 Å². The standard InChI is InChI=1S/C15H18N2O2S2/c1-11-17-14(9-21-11)8-20-10-15(19)16-6-12-2-4-13(7-18)5-3-12/h2-5,9,18H,6-8,10H2,1H3,(H,16,19). The van der Waals surface area contributed by atoms with Crippen molar-refractivity contribution >= 4 is 29.0 Å². The van der Waals surface area contributed by atoms with E-state index >= 15 is 0 Å². The van der Waals surface area contributed by atoms with Crippen LogP contribution in [-0.2, 0) is 23.7 Å². The number of aliphatic hydroxyl groups is 1. The lowest BCUT2D eigenvalue weighted by atomic mass is 10.1. The number of carbonyl (C=O) groups excluding carboxylic acids is 1. The zero-order valence-corrected chi connectivity index (χ0v) is 13.5. The molecule has 2 rings (SSSR count). The van der Waals surface area contributed by atoms with Crippen LogP contribution in [0.5, 0.6) is 0 Å². The first-order valence-electron chi connectivity index (χ1n) is 6.61. The topological polar surface area (TPSA) is 62.2 Å². The molecule has 0 saturated heterocycles. The van der Waals surface area contributed by atoms with Gasteiger partial charge in [-0.25, -0.2) is 4.98 Å². The van der Waals surface area contributed by atoms with Crippen LogP contribution in [-0.4, -0.2) is 21.8 Å². The smallest absolute Gasteiger partial charge is 0.230 e. The van der Waals surface area contributed by atoms with E-state index in [9.17, 15) is 4.79 Å². The van der Waals surface area contributed by atoms with Gasteiger partial charge in [-0.05, 0) is 18.1 Å². The Morgan fingerprint density at radius 3 is 2.67 bits per heavy atom. The molecule has 0 radical (unpaired) electrons. The molecular weight excluding hydrogens is 304 g/mol. The summed E-state index contributed by atoms with van der Waals surface area (Å²) in [5.41, 5.74) is 2.94. The molecule has 1 aromatic carbocycles. The lowest BCUT2D eigenvalue weighted by Gasteiger charge is -2.05. The van der Waals surface area contributed by atoms with Crippen LogP contribution in [0, 0.1) is 6.92 Å². The number of aromatic nitrogens is 1. The van der Waals surface area contributed by atoms with Crippen LogP contribution >= 0.6 is 23.1 Å². The van der Waals surface area contributed by atoms with Crippen LogP contribution in [0.1, 0.15) is 21.8 Å². The monoisotopic (exact) mass is 322 g/mol. The van der Waals surface area contributed by atoms with E-state index in [1.165, 1.54) is 0 Å². The van der Waals surface area contributed by atoms with E-state index in [0.29, 0.717) is 12.3 Å². The fourth-order valence-electron chi connectivity index (χ4n) is 1.74. The molecule has 2 aromatic rings. The second-order valence-electron chi connectivity index (χ2n) is 4.60. The van der Waals surface area contributed by atoms with E-state index in [-0.39, 0.29) is 12.5 Å². The van der Waals surface area contributed by atoms with Crippen molar-refractivity contribution in [2.45, 2.75) is 25.8 Å². The van der Waals surface area contributed by atoms with Crippen LogP contribution < -0.4 is 5.32 Å². The van der Waals surface area contributed by atoms with Gasteiger partial charge >= 0.3 is 0 Å². The van der Waals surface area contributed by atoms with Crippen molar-refractivity contribution < 1.29 is 9.90 Å². The predicted octanol–water partition coefficient (Wildman–Crippen LogP) is 2.49. The molecule has 21 heavy (non-hydrogen) atoms. The molecule has 4 nitrogen and oxygen atoms in total. The summed E-state index contributed by atoms with van der Waals surface area (Å²) in [6.45, 7) is 2.54. The van der Waals surface area contributed by atoms with Crippen LogP contribution in [0.2, 0.25) is 0 Å². The van der Waals surface area contributed by atoms with Crippen molar-refractivity contribution in [3.05, 3.63) is 51.5 Å². The van der Waals surface area contributed by atoms with Gasteiger partial charge in [0.1, 0.15) is 0 Å². The average Bonchev–Trinajstić information content (AvgIpc) is 2.91. The number of hydrogen-bond acceptors (Lipinski definition) is 5. The fraction of sp³-hybridized carbons (Fsp3) is 0.333. The Morgan fingerprint density at radius 2 is 2.05 bits per heavy atom. The summed E-state index contributed by atoms with van der Waals surface area (Å²) >= 11 is 3.20. The van der Waals surface area contributed by atoms with Gasteiger partial charge in [-0.3, -0.25) is 4.79 Å². The van der Waals surface area contributed by atoms with Gasteiger partial charge in [0.2, 0.25) is 5.91 Å². The second-order valence-corrected chi connectivity index (χ2v) is 6.65. The van der Waals surface area contributed by atoms with E-state index in [2.05, 4.69) is 10.3 Å². The first kappa shape index (κ1) is 16.0. The molecule has 0 aliphatic rings. The number of thioether (sulfide) groups is 1. The van der Waals surface area contributed by atoms with Crippen LogP contribution in [0.15, 0.2) is 29.6 Å². The molecule has 0 aliphatic carbocycles. The normalized spacial score (nSPS) is 10.6. The molecule has 112 valence electrons. The molecule has 0 unspecified atom stereocenters. The number of nitrogens with zero attached hydrogens (tertiary/aromatic N) is 1. The minimum absolute atomic E-state index is 0.0261. The summed E-state index contributed by atoms with van der Waals surface area (Å²) in [4.78, 5) is 16.1. The van der Waals surface area contributed by atoms with Crippen LogP contribution in [0.3, 0.4) is 0 Å². The van der Waals surface area contributed by atoms with Gasteiger partial charge in [-0.1, -0.05) is 24.3 Å². The Balaban J connectivity index is 1.67. The summed E-state index contributed by atoms with van der Waals surface area (Å²) in [5.74, 6) is 1.23. The number of hydrogen-bond donors (Lipinski definition) is 2. The molecule has 0 bridgehead atoms. The molecule has 1 amide bonds. The minimum atomic E-state index is 0.0261. The van der Waals surface area contributed by atoms with Crippen molar-refractivity contribution in [3.63, 3.8) is 0 Å². The van der Waals surface area contributed by atoms with Crippen LogP contribution in [0.25, 0.3) is 0 Å². The van der Waals surface area contributed by atoms with Crippen molar-refractivity contribution in [2.24, 2.45) is 0 Å². The molecule has 0 aliphatic heterocycles. The number of thiazole rings is 1. The first-order valence-corrected chi connectivity index (χ1v) is 8.65. The molecule has 2 N–H and O–H groups in total. The Kier molecular flexibility index (Phi) is 6.22. The minimum Gasteiger partial charge on any atom is -0.392 e. The Hall–Kier alpha value is -1.37. The van der Waals surface area contributed by atoms with Gasteiger partial charge < -0.3 is 10.4 Å². The van der Waals surface area contributed by atoms with Gasteiger partial charge in [0.05, 0.1) is 23.1 Å². The maximum atomic E-state index is 11.7. The van der Waals surface area contributed by atoms with E-state index in [1.807, 2.05) is 36.6 Å². The third kappa shape index (κ3) is 5.49. The molecule has 1 aromatic heterocycles. The largest absolute Gasteiger partial charge is 0.392 e. The summed E-state index contributed by atoms with van der Waals surface area (Å²) in [6.07, 6.45) is 0. The van der Waals surface area contributed by atoms with E-state index < -0.39 is 0 Å². The van der Waals surface area contributed by atoms with Gasteiger partial charge in [-0.2, -0.15) is 0 Å². The Bertz CT molecular complexity index is 582. The summed E-state index contributed by atoms with van der Waals surface area (Å²) in [6, 6.07) is 7.55. The zero-order chi connectivity index (χ0) is 15.1. The Morgan fingerprint density at radius 1 is 1.33 bits per heavy atom. The lowest BCUT2D eigenvalue weighted by molar-refractivity contribution is -0.118. The van der Waals surface area contributed by atoms with Gasteiger partial charge in [0.15, 0.2) is 0 Å². The fourth-order valence-corrected chi connectivity index (χ4v) is 3.20. The van der Waals surface area contributed by atoms with Gasteiger partial charge in [0, 0.05) is 17.7 Å². The van der Waals surface area contributed by atoms with Crippen molar-refractivity contribution in [1.29, 1.82) is 0 Å². The zero-order valence-electron chi connectivity index (χ0n) is 11.8. The maximum absolute atomic E-state index is 11.7. The number of benzene rings is 1. The average molecular weight is 322 g/mol. The highest BCUT2D eigenvalue weighted by Crippen LogP contribution is 2.14. The van der Waals surface area contributed by atoms with Crippen LogP contribution in [0.4, 0.5) is 0 Å². The van der Waals surface area contributed by atoms with E-state index in [4.69, 9.17) is 5.11 Å². The summed E-state index contributed by atoms with van der Waals surface area (Å²) < 4.78 is 0. The number of nitrogens with one attached hydrogen (secondary N) is 1. The number of amides is 1. The predicted molar refractivity (Wildman–Crippen MR) is 87.2 cm³/mol. The highest BCUT2D eigenvalue weighted by Gasteiger charge is 2.04. The highest BCUT2D eigenvalue weighted by atomic mass is 32.2. The van der Waals surface area contributed by atoms with Crippen molar-refractivity contribution in [3.8, 4) is 0 Å². The van der Waals surface area contributed by atoms with Gasteiger partial charge in [0.25, 0.3) is 0 Å². The molecule has 0 atom stereocenters.